The highest BCUT2D eigenvalue weighted by atomic mass is 35.5. The SMILES string of the molecule is CCOC(=O)[C@@H]1[C@@H]([N+](=O)[O-])[C@H]2C(C)=C[C@@H]1C(=O)[C@]2(O)CCl. The standard InChI is InChI=1S/C13H16ClNO6/c1-3-21-12(17)8-7-4-6(2)9(10(8)15(19)20)13(18,5-14)11(7)16/h4,7-10,18H,3,5H2,1-2H3/t7-,8-,9+,10+,13-/m0/s1. The molecule has 0 radical (unpaired) electrons. The molecule has 2 bridgehead atoms. The summed E-state index contributed by atoms with van der Waals surface area (Å²) in [6.45, 7) is 3.24. The Morgan fingerprint density at radius 2 is 2.24 bits per heavy atom. The van der Waals surface area contributed by atoms with Crippen molar-refractivity contribution >= 4 is 23.4 Å². The Morgan fingerprint density at radius 1 is 1.62 bits per heavy atom. The molecular weight excluding hydrogens is 302 g/mol. The smallest absolute Gasteiger partial charge is 0.317 e. The van der Waals surface area contributed by atoms with Crippen molar-refractivity contribution in [2.75, 3.05) is 12.5 Å². The highest BCUT2D eigenvalue weighted by Gasteiger charge is 2.67. The fourth-order valence-electron chi connectivity index (χ4n) is 3.45. The molecule has 1 fully saturated rings. The Bertz CT molecular complexity index is 533. The molecule has 0 saturated heterocycles. The molecule has 21 heavy (non-hydrogen) atoms. The van der Waals surface area contributed by atoms with Crippen LogP contribution < -0.4 is 0 Å². The third kappa shape index (κ3) is 2.15. The molecular formula is C13H16ClNO6. The molecule has 8 heteroatoms. The third-order valence-electron chi connectivity index (χ3n) is 4.28. The predicted octanol–water partition coefficient (Wildman–Crippen LogP) is 0.556. The molecule has 3 aliphatic rings. The topological polar surface area (TPSA) is 107 Å². The number of ketones is 1. The van der Waals surface area contributed by atoms with Crippen LogP contribution in [0, 0.1) is 27.9 Å². The molecule has 3 rings (SSSR count). The number of allylic oxidation sites excluding steroid dienone is 1. The first kappa shape index (κ1) is 15.9. The molecule has 5 atom stereocenters. The zero-order valence-corrected chi connectivity index (χ0v) is 12.4. The van der Waals surface area contributed by atoms with Crippen molar-refractivity contribution in [2.45, 2.75) is 25.5 Å². The second kappa shape index (κ2) is 5.38. The minimum atomic E-state index is -2.01. The summed E-state index contributed by atoms with van der Waals surface area (Å²) in [7, 11) is 0. The van der Waals surface area contributed by atoms with Crippen LogP contribution in [0.1, 0.15) is 13.8 Å². The maximum Gasteiger partial charge on any atom is 0.317 e. The van der Waals surface area contributed by atoms with Gasteiger partial charge in [0.05, 0.1) is 24.3 Å². The van der Waals surface area contributed by atoms with Crippen LogP contribution in [0.4, 0.5) is 0 Å². The van der Waals surface area contributed by atoms with Crippen molar-refractivity contribution in [3.63, 3.8) is 0 Å². The maximum atomic E-state index is 12.4. The van der Waals surface area contributed by atoms with E-state index in [-0.39, 0.29) is 6.61 Å². The first-order valence-corrected chi connectivity index (χ1v) is 7.14. The van der Waals surface area contributed by atoms with E-state index in [1.165, 1.54) is 6.08 Å². The molecule has 1 saturated carbocycles. The number of nitro groups is 1. The number of Topliss-reactive ketones (excluding diaryl/α,β-unsaturated/α-hetero) is 1. The second-order valence-corrected chi connectivity index (χ2v) is 5.66. The van der Waals surface area contributed by atoms with Gasteiger partial charge in [0, 0.05) is 4.92 Å². The number of alkyl halides is 1. The second-order valence-electron chi connectivity index (χ2n) is 5.39. The van der Waals surface area contributed by atoms with Gasteiger partial charge in [0.1, 0.15) is 11.5 Å². The van der Waals surface area contributed by atoms with Gasteiger partial charge in [-0.2, -0.15) is 0 Å². The van der Waals surface area contributed by atoms with Crippen molar-refractivity contribution in [1.29, 1.82) is 0 Å². The van der Waals surface area contributed by atoms with Gasteiger partial charge in [0.15, 0.2) is 5.78 Å². The maximum absolute atomic E-state index is 12.4. The number of carbonyl (C=O) groups excluding carboxylic acids is 2. The molecule has 3 aliphatic carbocycles. The lowest BCUT2D eigenvalue weighted by atomic mass is 9.56. The monoisotopic (exact) mass is 317 g/mol. The number of ether oxygens (including phenoxy) is 1. The number of carbonyl (C=O) groups is 2. The van der Waals surface area contributed by atoms with Gasteiger partial charge in [-0.1, -0.05) is 11.6 Å². The predicted molar refractivity (Wildman–Crippen MR) is 72.3 cm³/mol. The molecule has 0 aromatic rings. The molecule has 116 valence electrons. The van der Waals surface area contributed by atoms with Crippen LogP contribution in [0.3, 0.4) is 0 Å². The summed E-state index contributed by atoms with van der Waals surface area (Å²) in [5, 5.41) is 21.9. The van der Waals surface area contributed by atoms with Gasteiger partial charge in [0.25, 0.3) is 0 Å². The number of hydrogen-bond donors (Lipinski definition) is 1. The number of halogens is 1. The van der Waals surface area contributed by atoms with E-state index in [4.69, 9.17) is 16.3 Å². The van der Waals surface area contributed by atoms with E-state index >= 15 is 0 Å². The summed E-state index contributed by atoms with van der Waals surface area (Å²) < 4.78 is 4.86. The quantitative estimate of drug-likeness (QED) is 0.267. The van der Waals surface area contributed by atoms with E-state index in [0.717, 1.165) is 0 Å². The Morgan fingerprint density at radius 3 is 2.71 bits per heavy atom. The van der Waals surface area contributed by atoms with Gasteiger partial charge >= 0.3 is 5.97 Å². The Kier molecular flexibility index (Phi) is 4.08. The zero-order valence-electron chi connectivity index (χ0n) is 11.6. The van der Waals surface area contributed by atoms with Crippen molar-refractivity contribution < 1.29 is 24.4 Å². The van der Waals surface area contributed by atoms with Crippen LogP contribution in [0.25, 0.3) is 0 Å². The van der Waals surface area contributed by atoms with E-state index in [1.54, 1.807) is 13.8 Å². The molecule has 1 N–H and O–H groups in total. The highest BCUT2D eigenvalue weighted by molar-refractivity contribution is 6.21. The molecule has 0 aromatic heterocycles. The van der Waals surface area contributed by atoms with Crippen LogP contribution in [0.2, 0.25) is 0 Å². The molecule has 7 nitrogen and oxygen atoms in total. The van der Waals surface area contributed by atoms with Crippen molar-refractivity contribution in [3.05, 3.63) is 21.8 Å². The number of rotatable bonds is 4. The van der Waals surface area contributed by atoms with Gasteiger partial charge in [-0.25, -0.2) is 0 Å². The number of nitrogens with zero attached hydrogens (tertiary/aromatic N) is 1. The van der Waals surface area contributed by atoms with Crippen LogP contribution in [-0.4, -0.2) is 45.9 Å². The summed E-state index contributed by atoms with van der Waals surface area (Å²) in [5.41, 5.74) is -1.50. The van der Waals surface area contributed by atoms with Crippen LogP contribution in [0.5, 0.6) is 0 Å². The lowest BCUT2D eigenvalue weighted by Crippen LogP contribution is -2.68. The van der Waals surface area contributed by atoms with Gasteiger partial charge in [-0.3, -0.25) is 19.7 Å². The number of aliphatic hydroxyl groups is 1. The fourth-order valence-corrected chi connectivity index (χ4v) is 3.74. The molecule has 0 aromatic carbocycles. The van der Waals surface area contributed by atoms with Gasteiger partial charge < -0.3 is 9.84 Å². The summed E-state index contributed by atoms with van der Waals surface area (Å²) in [6, 6.07) is -1.42. The molecule has 0 amide bonds. The molecule has 0 aliphatic heterocycles. The fraction of sp³-hybridized carbons (Fsp3) is 0.692. The normalized spacial score (nSPS) is 38.1. The number of hydrogen-bond acceptors (Lipinski definition) is 6. The Hall–Kier alpha value is -1.47. The average molecular weight is 318 g/mol. The minimum Gasteiger partial charge on any atom is -0.466 e. The molecule has 0 spiro atoms. The average Bonchev–Trinajstić information content (AvgIpc) is 2.43. The van der Waals surface area contributed by atoms with Crippen molar-refractivity contribution in [3.8, 4) is 0 Å². The van der Waals surface area contributed by atoms with Crippen LogP contribution in [0.15, 0.2) is 11.6 Å². The van der Waals surface area contributed by atoms with Crippen molar-refractivity contribution in [2.24, 2.45) is 17.8 Å². The summed E-state index contributed by atoms with van der Waals surface area (Å²) >= 11 is 5.70. The van der Waals surface area contributed by atoms with Gasteiger partial charge in [0.2, 0.25) is 6.04 Å². The van der Waals surface area contributed by atoms with E-state index in [2.05, 4.69) is 0 Å². The van der Waals surface area contributed by atoms with Crippen molar-refractivity contribution in [1.82, 2.24) is 0 Å². The minimum absolute atomic E-state index is 0.0633. The molecule has 0 unspecified atom stereocenters. The summed E-state index contributed by atoms with van der Waals surface area (Å²) in [5.74, 6) is -5.29. The van der Waals surface area contributed by atoms with Crippen LogP contribution in [-0.2, 0) is 14.3 Å². The summed E-state index contributed by atoms with van der Waals surface area (Å²) in [4.78, 5) is 35.2. The van der Waals surface area contributed by atoms with Gasteiger partial charge in [-0.15, -0.1) is 11.6 Å². The van der Waals surface area contributed by atoms with E-state index in [9.17, 15) is 24.8 Å². The van der Waals surface area contributed by atoms with Gasteiger partial charge in [-0.05, 0) is 13.8 Å². The Labute approximate surface area is 126 Å². The Balaban J connectivity index is 2.55. The first-order chi connectivity index (χ1) is 9.79. The third-order valence-corrected chi connectivity index (χ3v) is 4.69. The molecule has 0 heterocycles. The lowest BCUT2D eigenvalue weighted by molar-refractivity contribution is -0.545. The largest absolute Gasteiger partial charge is 0.466 e. The van der Waals surface area contributed by atoms with Crippen LogP contribution >= 0.6 is 11.6 Å². The number of esters is 1. The van der Waals surface area contributed by atoms with E-state index in [1.807, 2.05) is 0 Å². The highest BCUT2D eigenvalue weighted by Crippen LogP contribution is 2.49. The summed E-state index contributed by atoms with van der Waals surface area (Å²) in [6.07, 6.45) is 1.51. The lowest BCUT2D eigenvalue weighted by Gasteiger charge is -2.48. The number of fused-ring (bicyclic) bond motifs is 2. The zero-order chi connectivity index (χ0) is 15.9. The van der Waals surface area contributed by atoms with E-state index < -0.39 is 52.0 Å². The van der Waals surface area contributed by atoms with E-state index in [0.29, 0.717) is 5.57 Å². The first-order valence-electron chi connectivity index (χ1n) is 6.60.